The van der Waals surface area contributed by atoms with Gasteiger partial charge in [-0.2, -0.15) is 0 Å². The Hall–Kier alpha value is -2.29. The third kappa shape index (κ3) is 5.24. The molecular formula is C21H25ClN2O5S. The van der Waals surface area contributed by atoms with Crippen LogP contribution in [0.4, 0.5) is 5.69 Å². The molecule has 0 unspecified atom stereocenters. The Balaban J connectivity index is 1.70. The number of methoxy groups -OCH3 is 2. The topological polar surface area (TPSA) is 84.9 Å². The number of amides is 1. The van der Waals surface area contributed by atoms with E-state index in [1.165, 1.54) is 11.4 Å². The number of halogens is 1. The number of nitrogens with one attached hydrogen (secondary N) is 1. The molecule has 1 N–H and O–H groups in total. The Morgan fingerprint density at radius 1 is 1.20 bits per heavy atom. The second-order valence-corrected chi connectivity index (χ2v) is 9.48. The molecule has 1 amide bonds. The fraction of sp³-hybridized carbons (Fsp3) is 0.381. The van der Waals surface area contributed by atoms with Crippen LogP contribution in [0.15, 0.2) is 42.5 Å². The summed E-state index contributed by atoms with van der Waals surface area (Å²) in [5.74, 6) is 0.205. The normalized spacial score (nSPS) is 17.4. The third-order valence-corrected chi connectivity index (χ3v) is 7.27. The highest BCUT2D eigenvalue weighted by Gasteiger charge is 2.33. The zero-order valence-corrected chi connectivity index (χ0v) is 18.5. The molecule has 0 spiro atoms. The van der Waals surface area contributed by atoms with E-state index in [1.54, 1.807) is 49.6 Å². The van der Waals surface area contributed by atoms with Crippen LogP contribution in [0.25, 0.3) is 0 Å². The second-order valence-electron chi connectivity index (χ2n) is 7.10. The van der Waals surface area contributed by atoms with Gasteiger partial charge in [-0.25, -0.2) is 12.7 Å². The fourth-order valence-electron chi connectivity index (χ4n) is 3.45. The van der Waals surface area contributed by atoms with Crippen LogP contribution in [0, 0.1) is 5.92 Å². The van der Waals surface area contributed by atoms with Crippen molar-refractivity contribution in [3.05, 3.63) is 53.1 Å². The van der Waals surface area contributed by atoms with E-state index in [-0.39, 0.29) is 18.2 Å². The van der Waals surface area contributed by atoms with Crippen molar-refractivity contribution in [2.45, 2.75) is 18.6 Å². The lowest BCUT2D eigenvalue weighted by Crippen LogP contribution is -2.44. The molecule has 0 bridgehead atoms. The van der Waals surface area contributed by atoms with Crippen LogP contribution in [0.3, 0.4) is 0 Å². The summed E-state index contributed by atoms with van der Waals surface area (Å²) in [5.41, 5.74) is 1.06. The standard InChI is InChI=1S/C21H25ClN2O5S/c1-28-17-9-10-19(20(12-17)29-2)23-21(25)15-7-5-11-24(13-15)30(26,27)14-16-6-3-4-8-18(16)22/h3-4,6,8-10,12,15H,5,7,11,13-14H2,1-2H3,(H,23,25)/t15-/m1/s1. The van der Waals surface area contributed by atoms with Crippen LogP contribution in [0.1, 0.15) is 18.4 Å². The van der Waals surface area contributed by atoms with E-state index < -0.39 is 15.9 Å². The monoisotopic (exact) mass is 452 g/mol. The Morgan fingerprint density at radius 2 is 1.97 bits per heavy atom. The number of hydrogen-bond acceptors (Lipinski definition) is 5. The van der Waals surface area contributed by atoms with Gasteiger partial charge in [-0.1, -0.05) is 29.8 Å². The maximum absolute atomic E-state index is 12.9. The molecule has 1 heterocycles. The van der Waals surface area contributed by atoms with Crippen molar-refractivity contribution < 1.29 is 22.7 Å². The highest BCUT2D eigenvalue weighted by atomic mass is 35.5. The van der Waals surface area contributed by atoms with E-state index in [0.717, 1.165) is 0 Å². The highest BCUT2D eigenvalue weighted by Crippen LogP contribution is 2.30. The van der Waals surface area contributed by atoms with Crippen molar-refractivity contribution in [3.8, 4) is 11.5 Å². The summed E-state index contributed by atoms with van der Waals surface area (Å²) in [6.45, 7) is 0.527. The number of hydrogen-bond donors (Lipinski definition) is 1. The number of rotatable bonds is 7. The Kier molecular flexibility index (Phi) is 7.23. The maximum atomic E-state index is 12.9. The lowest BCUT2D eigenvalue weighted by molar-refractivity contribution is -0.120. The molecule has 162 valence electrons. The van der Waals surface area contributed by atoms with E-state index in [9.17, 15) is 13.2 Å². The highest BCUT2D eigenvalue weighted by molar-refractivity contribution is 7.88. The zero-order chi connectivity index (χ0) is 21.7. The van der Waals surface area contributed by atoms with E-state index in [0.29, 0.717) is 47.2 Å². The second kappa shape index (κ2) is 9.68. The Bertz CT molecular complexity index is 1010. The van der Waals surface area contributed by atoms with Crippen LogP contribution < -0.4 is 14.8 Å². The summed E-state index contributed by atoms with van der Waals surface area (Å²) < 4.78 is 37.7. The summed E-state index contributed by atoms with van der Waals surface area (Å²) in [4.78, 5) is 12.8. The molecular weight excluding hydrogens is 428 g/mol. The minimum Gasteiger partial charge on any atom is -0.497 e. The number of piperidine rings is 1. The van der Waals surface area contributed by atoms with Crippen molar-refractivity contribution in [2.24, 2.45) is 5.92 Å². The largest absolute Gasteiger partial charge is 0.497 e. The number of sulfonamides is 1. The van der Waals surface area contributed by atoms with Gasteiger partial charge in [-0.3, -0.25) is 4.79 Å². The number of carbonyl (C=O) groups excluding carboxylic acids is 1. The zero-order valence-electron chi connectivity index (χ0n) is 16.9. The molecule has 1 saturated heterocycles. The molecule has 0 aromatic heterocycles. The molecule has 0 saturated carbocycles. The van der Waals surface area contributed by atoms with Crippen LogP contribution in [-0.4, -0.2) is 45.9 Å². The first kappa shape index (κ1) is 22.4. The van der Waals surface area contributed by atoms with Crippen LogP contribution in [0.5, 0.6) is 11.5 Å². The molecule has 1 aliphatic rings. The first-order valence-corrected chi connectivity index (χ1v) is 11.6. The number of anilines is 1. The first-order chi connectivity index (χ1) is 14.3. The Labute approximate surface area is 182 Å². The van der Waals surface area contributed by atoms with Crippen molar-refractivity contribution in [1.29, 1.82) is 0 Å². The molecule has 1 fully saturated rings. The van der Waals surface area contributed by atoms with Gasteiger partial charge in [0, 0.05) is 24.2 Å². The summed E-state index contributed by atoms with van der Waals surface area (Å²) in [7, 11) is -0.536. The predicted molar refractivity (Wildman–Crippen MR) is 117 cm³/mol. The van der Waals surface area contributed by atoms with E-state index in [1.807, 2.05) is 0 Å². The predicted octanol–water partition coefficient (Wildman–Crippen LogP) is 3.54. The van der Waals surface area contributed by atoms with Crippen LogP contribution in [0.2, 0.25) is 5.02 Å². The summed E-state index contributed by atoms with van der Waals surface area (Å²) >= 11 is 6.12. The van der Waals surface area contributed by atoms with Gasteiger partial charge in [0.1, 0.15) is 11.5 Å². The van der Waals surface area contributed by atoms with Crippen LogP contribution >= 0.6 is 11.6 Å². The Morgan fingerprint density at radius 3 is 2.67 bits per heavy atom. The molecule has 3 rings (SSSR count). The fourth-order valence-corrected chi connectivity index (χ4v) is 5.37. The molecule has 0 aliphatic carbocycles. The van der Waals surface area contributed by atoms with Gasteiger partial charge < -0.3 is 14.8 Å². The molecule has 1 atom stereocenters. The van der Waals surface area contributed by atoms with E-state index in [2.05, 4.69) is 5.32 Å². The first-order valence-electron chi connectivity index (χ1n) is 9.58. The van der Waals surface area contributed by atoms with E-state index in [4.69, 9.17) is 21.1 Å². The summed E-state index contributed by atoms with van der Waals surface area (Å²) in [5, 5.41) is 3.27. The van der Waals surface area contributed by atoms with Crippen molar-refractivity contribution in [2.75, 3.05) is 32.6 Å². The molecule has 1 aliphatic heterocycles. The maximum Gasteiger partial charge on any atom is 0.228 e. The number of nitrogens with zero attached hydrogens (tertiary/aromatic N) is 1. The van der Waals surface area contributed by atoms with Gasteiger partial charge in [0.05, 0.1) is 31.6 Å². The summed E-state index contributed by atoms with van der Waals surface area (Å²) in [6, 6.07) is 12.0. The van der Waals surface area contributed by atoms with Gasteiger partial charge in [-0.15, -0.1) is 0 Å². The molecule has 30 heavy (non-hydrogen) atoms. The van der Waals surface area contributed by atoms with E-state index >= 15 is 0 Å². The summed E-state index contributed by atoms with van der Waals surface area (Å²) in [6.07, 6.45) is 1.22. The average molecular weight is 453 g/mol. The third-order valence-electron chi connectivity index (χ3n) is 5.11. The minimum atomic E-state index is -3.59. The van der Waals surface area contributed by atoms with Crippen molar-refractivity contribution in [3.63, 3.8) is 0 Å². The van der Waals surface area contributed by atoms with Crippen molar-refractivity contribution in [1.82, 2.24) is 4.31 Å². The van der Waals surface area contributed by atoms with Gasteiger partial charge in [0.2, 0.25) is 15.9 Å². The molecule has 2 aromatic carbocycles. The van der Waals surface area contributed by atoms with Gasteiger partial charge in [-0.05, 0) is 36.6 Å². The molecule has 2 aromatic rings. The van der Waals surface area contributed by atoms with Gasteiger partial charge in [0.15, 0.2) is 0 Å². The lowest BCUT2D eigenvalue weighted by atomic mass is 9.98. The number of carbonyl (C=O) groups is 1. The molecule has 7 nitrogen and oxygen atoms in total. The SMILES string of the molecule is COc1ccc(NC(=O)[C@@H]2CCCN(S(=O)(=O)Cc3ccccc3Cl)C2)c(OC)c1. The van der Waals surface area contributed by atoms with Crippen LogP contribution in [-0.2, 0) is 20.6 Å². The van der Waals surface area contributed by atoms with Gasteiger partial charge >= 0.3 is 0 Å². The lowest BCUT2D eigenvalue weighted by Gasteiger charge is -2.31. The number of ether oxygens (including phenoxy) is 2. The van der Waals surface area contributed by atoms with Crippen molar-refractivity contribution >= 4 is 33.2 Å². The average Bonchev–Trinajstić information content (AvgIpc) is 2.75. The quantitative estimate of drug-likeness (QED) is 0.694. The number of benzene rings is 2. The molecule has 0 radical (unpaired) electrons. The minimum absolute atomic E-state index is 0.136. The smallest absolute Gasteiger partial charge is 0.228 e. The van der Waals surface area contributed by atoms with Gasteiger partial charge in [0.25, 0.3) is 0 Å². The molecule has 9 heteroatoms.